The van der Waals surface area contributed by atoms with Gasteiger partial charge in [0.25, 0.3) is 0 Å². The Morgan fingerprint density at radius 3 is 2.42 bits per heavy atom. The number of amides is 2. The number of benzene rings is 1. The summed E-state index contributed by atoms with van der Waals surface area (Å²) in [5.41, 5.74) is 0.125. The molecular weight excluding hydrogens is 304 g/mol. The number of nitrogens with one attached hydrogen (secondary N) is 1. The number of likely N-dealkylation sites (tertiary alicyclic amines) is 1. The van der Waals surface area contributed by atoms with E-state index in [4.69, 9.17) is 0 Å². The van der Waals surface area contributed by atoms with E-state index in [1.165, 1.54) is 0 Å². The molecule has 1 heterocycles. The van der Waals surface area contributed by atoms with Gasteiger partial charge in [0.15, 0.2) is 0 Å². The Kier molecular flexibility index (Phi) is 5.83. The molecule has 1 unspecified atom stereocenters. The van der Waals surface area contributed by atoms with E-state index in [9.17, 15) is 9.59 Å². The first-order chi connectivity index (χ1) is 11.3. The quantitative estimate of drug-likeness (QED) is 0.878. The highest BCUT2D eigenvalue weighted by Crippen LogP contribution is 2.28. The van der Waals surface area contributed by atoms with Crippen LogP contribution in [-0.4, -0.2) is 79.9 Å². The van der Waals surface area contributed by atoms with Gasteiger partial charge in [0.1, 0.15) is 5.54 Å². The summed E-state index contributed by atoms with van der Waals surface area (Å²) in [4.78, 5) is 30.7. The molecule has 1 aliphatic heterocycles. The molecule has 2 amide bonds. The van der Waals surface area contributed by atoms with Crippen LogP contribution in [0, 0.1) is 0 Å². The summed E-state index contributed by atoms with van der Waals surface area (Å²) < 4.78 is 0. The van der Waals surface area contributed by atoms with Crippen LogP contribution in [0.1, 0.15) is 12.8 Å². The maximum atomic E-state index is 12.9. The third-order valence-electron chi connectivity index (χ3n) is 4.27. The maximum Gasteiger partial charge on any atom is 0.249 e. The highest BCUT2D eigenvalue weighted by atomic mass is 16.2. The lowest BCUT2D eigenvalue weighted by atomic mass is 9.87. The van der Waals surface area contributed by atoms with Crippen LogP contribution in [0.15, 0.2) is 30.3 Å². The molecular formula is C18H28N4O2. The Bertz CT molecular complexity index is 574. The summed E-state index contributed by atoms with van der Waals surface area (Å²) in [6.07, 6.45) is 1.52. The van der Waals surface area contributed by atoms with Gasteiger partial charge in [0.05, 0.1) is 13.1 Å². The van der Waals surface area contributed by atoms with Gasteiger partial charge in [-0.15, -0.1) is 0 Å². The van der Waals surface area contributed by atoms with Gasteiger partial charge in [-0.25, -0.2) is 0 Å². The summed E-state index contributed by atoms with van der Waals surface area (Å²) in [5, 5.41) is 3.41. The molecule has 6 nitrogen and oxygen atoms in total. The summed E-state index contributed by atoms with van der Waals surface area (Å²) in [7, 11) is 7.28. The molecule has 1 atom stereocenters. The lowest BCUT2D eigenvalue weighted by Gasteiger charge is -2.44. The Hall–Kier alpha value is -2.08. The minimum absolute atomic E-state index is 0.00806. The molecule has 1 aromatic rings. The minimum Gasteiger partial charge on any atom is -0.370 e. The van der Waals surface area contributed by atoms with Crippen LogP contribution in [0.4, 0.5) is 5.69 Å². The highest BCUT2D eigenvalue weighted by molar-refractivity contribution is 5.91. The Labute approximate surface area is 144 Å². The molecule has 0 spiro atoms. The fourth-order valence-corrected chi connectivity index (χ4v) is 3.19. The van der Waals surface area contributed by atoms with Gasteiger partial charge < -0.3 is 20.0 Å². The number of para-hydroxylation sites is 1. The van der Waals surface area contributed by atoms with Crippen molar-refractivity contribution in [3.8, 4) is 0 Å². The summed E-state index contributed by atoms with van der Waals surface area (Å²) in [6.45, 7) is 1.45. The SMILES string of the molecule is CN(C)CC(=O)N1CCCC(Nc2ccccc2)(C(=O)N(C)C)C1. The maximum absolute atomic E-state index is 12.9. The molecule has 6 heteroatoms. The molecule has 0 aliphatic carbocycles. The minimum atomic E-state index is -0.773. The molecule has 132 valence electrons. The van der Waals surface area contributed by atoms with Crippen molar-refractivity contribution in [1.29, 1.82) is 0 Å². The first-order valence-electron chi connectivity index (χ1n) is 8.31. The Balaban J connectivity index is 2.25. The molecule has 1 saturated heterocycles. The molecule has 0 aromatic heterocycles. The summed E-state index contributed by atoms with van der Waals surface area (Å²) >= 11 is 0. The van der Waals surface area contributed by atoms with Crippen LogP contribution in [0.2, 0.25) is 0 Å². The lowest BCUT2D eigenvalue weighted by molar-refractivity contribution is -0.140. The number of rotatable bonds is 5. The van der Waals surface area contributed by atoms with E-state index < -0.39 is 5.54 Å². The third-order valence-corrected chi connectivity index (χ3v) is 4.27. The van der Waals surface area contributed by atoms with E-state index in [1.54, 1.807) is 23.9 Å². The van der Waals surface area contributed by atoms with Crippen LogP contribution in [0.5, 0.6) is 0 Å². The van der Waals surface area contributed by atoms with Crippen molar-refractivity contribution in [3.63, 3.8) is 0 Å². The Morgan fingerprint density at radius 1 is 1.17 bits per heavy atom. The fourth-order valence-electron chi connectivity index (χ4n) is 3.19. The molecule has 0 radical (unpaired) electrons. The third kappa shape index (κ3) is 4.26. The highest BCUT2D eigenvalue weighted by Gasteiger charge is 2.44. The van der Waals surface area contributed by atoms with Crippen LogP contribution >= 0.6 is 0 Å². The van der Waals surface area contributed by atoms with Gasteiger partial charge >= 0.3 is 0 Å². The van der Waals surface area contributed by atoms with Gasteiger partial charge in [0.2, 0.25) is 11.8 Å². The van der Waals surface area contributed by atoms with Crippen molar-refractivity contribution in [2.75, 3.05) is 53.1 Å². The van der Waals surface area contributed by atoms with E-state index in [0.717, 1.165) is 12.1 Å². The Morgan fingerprint density at radius 2 is 1.83 bits per heavy atom. The number of hydrogen-bond donors (Lipinski definition) is 1. The number of hydrogen-bond acceptors (Lipinski definition) is 4. The molecule has 1 aromatic carbocycles. The molecule has 1 N–H and O–H groups in total. The molecule has 1 fully saturated rings. The molecule has 0 saturated carbocycles. The number of piperidine rings is 1. The zero-order valence-corrected chi connectivity index (χ0v) is 15.1. The largest absolute Gasteiger partial charge is 0.370 e. The molecule has 24 heavy (non-hydrogen) atoms. The van der Waals surface area contributed by atoms with Crippen molar-refractivity contribution >= 4 is 17.5 Å². The zero-order chi connectivity index (χ0) is 17.7. The second kappa shape index (κ2) is 7.66. The van der Waals surface area contributed by atoms with Crippen molar-refractivity contribution in [2.24, 2.45) is 0 Å². The van der Waals surface area contributed by atoms with Crippen LogP contribution in [-0.2, 0) is 9.59 Å². The second-order valence-electron chi connectivity index (χ2n) is 6.93. The lowest BCUT2D eigenvalue weighted by Crippen LogP contribution is -2.62. The van der Waals surface area contributed by atoms with Crippen molar-refractivity contribution in [2.45, 2.75) is 18.4 Å². The van der Waals surface area contributed by atoms with Crippen molar-refractivity contribution in [1.82, 2.24) is 14.7 Å². The van der Waals surface area contributed by atoms with Crippen LogP contribution in [0.3, 0.4) is 0 Å². The molecule has 2 rings (SSSR count). The van der Waals surface area contributed by atoms with Gasteiger partial charge in [0, 0.05) is 26.3 Å². The smallest absolute Gasteiger partial charge is 0.249 e. The van der Waals surface area contributed by atoms with Crippen LogP contribution < -0.4 is 5.32 Å². The number of anilines is 1. The average molecular weight is 332 g/mol. The topological polar surface area (TPSA) is 55.9 Å². The van der Waals surface area contributed by atoms with Crippen molar-refractivity contribution in [3.05, 3.63) is 30.3 Å². The van der Waals surface area contributed by atoms with E-state index >= 15 is 0 Å². The molecule has 1 aliphatic rings. The van der Waals surface area contributed by atoms with Gasteiger partial charge in [-0.3, -0.25) is 9.59 Å². The van der Waals surface area contributed by atoms with E-state index in [1.807, 2.05) is 49.3 Å². The van der Waals surface area contributed by atoms with Gasteiger partial charge in [-0.2, -0.15) is 0 Å². The zero-order valence-electron chi connectivity index (χ0n) is 15.1. The number of carbonyl (C=O) groups excluding carboxylic acids is 2. The number of nitrogens with zero attached hydrogens (tertiary/aromatic N) is 3. The normalized spacial score (nSPS) is 20.8. The first kappa shape index (κ1) is 18.3. The first-order valence-corrected chi connectivity index (χ1v) is 8.31. The number of carbonyl (C=O) groups is 2. The summed E-state index contributed by atoms with van der Waals surface area (Å²) in [6, 6.07) is 9.72. The second-order valence-corrected chi connectivity index (χ2v) is 6.93. The van der Waals surface area contributed by atoms with Crippen molar-refractivity contribution < 1.29 is 9.59 Å². The molecule has 0 bridgehead atoms. The predicted molar refractivity (Wildman–Crippen MR) is 95.9 cm³/mol. The van der Waals surface area contributed by atoms with Gasteiger partial charge in [-0.05, 0) is 39.1 Å². The summed E-state index contributed by atoms with van der Waals surface area (Å²) in [5.74, 6) is 0.0687. The average Bonchev–Trinajstić information content (AvgIpc) is 2.54. The number of likely N-dealkylation sites (N-methyl/N-ethyl adjacent to an activating group) is 2. The standard InChI is InChI=1S/C18H28N4O2/c1-20(2)13-16(23)22-12-8-11-18(14-22,17(24)21(3)4)19-15-9-6-5-7-10-15/h5-7,9-10,19H,8,11-14H2,1-4H3. The van der Waals surface area contributed by atoms with E-state index in [2.05, 4.69) is 5.32 Å². The monoisotopic (exact) mass is 332 g/mol. The van der Waals surface area contributed by atoms with Crippen LogP contribution in [0.25, 0.3) is 0 Å². The van der Waals surface area contributed by atoms with Gasteiger partial charge in [-0.1, -0.05) is 18.2 Å². The van der Waals surface area contributed by atoms with E-state index in [0.29, 0.717) is 26.1 Å². The van der Waals surface area contributed by atoms with E-state index in [-0.39, 0.29) is 11.8 Å². The fraction of sp³-hybridized carbons (Fsp3) is 0.556. The predicted octanol–water partition coefficient (Wildman–Crippen LogP) is 1.11.